The Morgan fingerprint density at radius 2 is 1.50 bits per heavy atom. The van der Waals surface area contributed by atoms with Crippen LogP contribution in [0.15, 0.2) is 0 Å². The fourth-order valence-corrected chi connectivity index (χ4v) is 3.16. The highest BCUT2D eigenvalue weighted by Gasteiger charge is 2.43. The lowest BCUT2D eigenvalue weighted by molar-refractivity contribution is -0.126. The number of carbonyl (C=O) groups is 1. The molecule has 2 heteroatoms. The van der Waals surface area contributed by atoms with Crippen LogP contribution < -0.4 is 5.32 Å². The SMILES string of the molecule is CCCC1(CC)CC(=O)CC(CC)(CC)N1. The lowest BCUT2D eigenvalue weighted by Gasteiger charge is -2.48. The van der Waals surface area contributed by atoms with Gasteiger partial charge in [-0.3, -0.25) is 4.79 Å². The van der Waals surface area contributed by atoms with Crippen LogP contribution >= 0.6 is 0 Å². The Morgan fingerprint density at radius 3 is 1.94 bits per heavy atom. The lowest BCUT2D eigenvalue weighted by Crippen LogP contribution is -2.63. The molecule has 1 atom stereocenters. The van der Waals surface area contributed by atoms with Gasteiger partial charge in [-0.1, -0.05) is 34.1 Å². The fraction of sp³-hybridized carbons (Fsp3) is 0.929. The molecule has 0 saturated carbocycles. The van der Waals surface area contributed by atoms with Crippen LogP contribution in [0.3, 0.4) is 0 Å². The third kappa shape index (κ3) is 2.65. The van der Waals surface area contributed by atoms with Crippen LogP contribution in [0.1, 0.15) is 72.6 Å². The zero-order chi connectivity index (χ0) is 12.2. The molecule has 0 aromatic heterocycles. The molecule has 0 aromatic rings. The maximum Gasteiger partial charge on any atom is 0.136 e. The van der Waals surface area contributed by atoms with E-state index in [2.05, 4.69) is 33.0 Å². The standard InChI is InChI=1S/C14H27NO/c1-5-9-14(8-4)11-12(16)10-13(6-2,7-3)15-14/h15H,5-11H2,1-4H3. The lowest BCUT2D eigenvalue weighted by atomic mass is 9.72. The number of hydrogen-bond acceptors (Lipinski definition) is 2. The largest absolute Gasteiger partial charge is 0.305 e. The number of nitrogens with one attached hydrogen (secondary N) is 1. The minimum Gasteiger partial charge on any atom is -0.305 e. The third-order valence-electron chi connectivity index (χ3n) is 4.36. The summed E-state index contributed by atoms with van der Waals surface area (Å²) in [7, 11) is 0. The van der Waals surface area contributed by atoms with Crippen molar-refractivity contribution in [2.45, 2.75) is 83.7 Å². The van der Waals surface area contributed by atoms with Crippen molar-refractivity contribution in [3.8, 4) is 0 Å². The van der Waals surface area contributed by atoms with Crippen molar-refractivity contribution < 1.29 is 4.79 Å². The summed E-state index contributed by atoms with van der Waals surface area (Å²) in [6.45, 7) is 8.80. The predicted molar refractivity (Wildman–Crippen MR) is 68.6 cm³/mol. The molecule has 0 radical (unpaired) electrons. The van der Waals surface area contributed by atoms with E-state index < -0.39 is 0 Å². The summed E-state index contributed by atoms with van der Waals surface area (Å²) < 4.78 is 0. The van der Waals surface area contributed by atoms with E-state index in [1.807, 2.05) is 0 Å². The minimum absolute atomic E-state index is 0.0700. The molecule has 16 heavy (non-hydrogen) atoms. The van der Waals surface area contributed by atoms with Gasteiger partial charge < -0.3 is 5.32 Å². The van der Waals surface area contributed by atoms with Crippen LogP contribution in [0.5, 0.6) is 0 Å². The van der Waals surface area contributed by atoms with Gasteiger partial charge in [0, 0.05) is 23.9 Å². The number of piperidine rings is 1. The van der Waals surface area contributed by atoms with E-state index in [-0.39, 0.29) is 11.1 Å². The van der Waals surface area contributed by atoms with Crippen molar-refractivity contribution >= 4 is 5.78 Å². The molecular weight excluding hydrogens is 198 g/mol. The first kappa shape index (κ1) is 13.7. The van der Waals surface area contributed by atoms with E-state index in [4.69, 9.17) is 0 Å². The van der Waals surface area contributed by atoms with Crippen LogP contribution in [-0.2, 0) is 4.79 Å². The average molecular weight is 225 g/mol. The van der Waals surface area contributed by atoms with Crippen molar-refractivity contribution in [1.82, 2.24) is 5.32 Å². The van der Waals surface area contributed by atoms with Crippen molar-refractivity contribution in [3.63, 3.8) is 0 Å². The van der Waals surface area contributed by atoms with Gasteiger partial charge in [0.15, 0.2) is 0 Å². The highest BCUT2D eigenvalue weighted by Crippen LogP contribution is 2.35. The summed E-state index contributed by atoms with van der Waals surface area (Å²) in [6, 6.07) is 0. The van der Waals surface area contributed by atoms with Gasteiger partial charge in [0.1, 0.15) is 5.78 Å². The van der Waals surface area contributed by atoms with E-state index >= 15 is 0 Å². The molecule has 0 aromatic carbocycles. The first-order valence-corrected chi connectivity index (χ1v) is 6.86. The first-order chi connectivity index (χ1) is 7.55. The molecule has 0 aliphatic carbocycles. The van der Waals surface area contributed by atoms with Crippen molar-refractivity contribution in [2.24, 2.45) is 0 Å². The Labute approximate surface area is 100 Å². The van der Waals surface area contributed by atoms with Crippen molar-refractivity contribution in [2.75, 3.05) is 0 Å². The summed E-state index contributed by atoms with van der Waals surface area (Å²) in [5.74, 6) is 0.456. The molecule has 0 spiro atoms. The summed E-state index contributed by atoms with van der Waals surface area (Å²) >= 11 is 0. The monoisotopic (exact) mass is 225 g/mol. The number of hydrogen-bond donors (Lipinski definition) is 1. The third-order valence-corrected chi connectivity index (χ3v) is 4.36. The highest BCUT2D eigenvalue weighted by atomic mass is 16.1. The van der Waals surface area contributed by atoms with E-state index in [0.717, 1.165) is 44.9 Å². The van der Waals surface area contributed by atoms with Crippen molar-refractivity contribution in [1.29, 1.82) is 0 Å². The first-order valence-electron chi connectivity index (χ1n) is 6.86. The Morgan fingerprint density at radius 1 is 1.00 bits per heavy atom. The van der Waals surface area contributed by atoms with Gasteiger partial charge in [0.2, 0.25) is 0 Å². The van der Waals surface area contributed by atoms with Crippen LogP contribution in [0.25, 0.3) is 0 Å². The Kier molecular flexibility index (Phi) is 4.54. The predicted octanol–water partition coefficient (Wildman–Crippen LogP) is 3.45. The van der Waals surface area contributed by atoms with E-state index in [9.17, 15) is 4.79 Å². The van der Waals surface area contributed by atoms with Gasteiger partial charge in [0.05, 0.1) is 0 Å². The number of ketones is 1. The van der Waals surface area contributed by atoms with Crippen LogP contribution in [0.2, 0.25) is 0 Å². The maximum absolute atomic E-state index is 12.0. The molecule has 94 valence electrons. The molecule has 1 heterocycles. The smallest absolute Gasteiger partial charge is 0.136 e. The molecule has 2 nitrogen and oxygen atoms in total. The molecule has 1 unspecified atom stereocenters. The maximum atomic E-state index is 12.0. The van der Waals surface area contributed by atoms with Gasteiger partial charge in [0.25, 0.3) is 0 Å². The topological polar surface area (TPSA) is 29.1 Å². The Balaban J connectivity index is 2.91. The van der Waals surface area contributed by atoms with Gasteiger partial charge in [-0.2, -0.15) is 0 Å². The summed E-state index contributed by atoms with van der Waals surface area (Å²) in [6.07, 6.45) is 6.91. The van der Waals surface area contributed by atoms with E-state index in [1.165, 1.54) is 0 Å². The second-order valence-electron chi connectivity index (χ2n) is 5.39. The molecule has 1 aliphatic heterocycles. The van der Waals surface area contributed by atoms with Gasteiger partial charge in [-0.25, -0.2) is 0 Å². The molecule has 1 fully saturated rings. The quantitative estimate of drug-likeness (QED) is 0.776. The fourth-order valence-electron chi connectivity index (χ4n) is 3.16. The van der Waals surface area contributed by atoms with E-state index in [1.54, 1.807) is 0 Å². The number of Topliss-reactive ketones (excluding diaryl/α,β-unsaturated/α-hetero) is 1. The zero-order valence-corrected chi connectivity index (χ0v) is 11.4. The molecular formula is C14H27NO. The average Bonchev–Trinajstić information content (AvgIpc) is 2.28. The van der Waals surface area contributed by atoms with Gasteiger partial charge in [-0.15, -0.1) is 0 Å². The number of carbonyl (C=O) groups excluding carboxylic acids is 1. The second-order valence-corrected chi connectivity index (χ2v) is 5.39. The minimum atomic E-state index is 0.0700. The number of rotatable bonds is 5. The van der Waals surface area contributed by atoms with Crippen molar-refractivity contribution in [3.05, 3.63) is 0 Å². The van der Waals surface area contributed by atoms with Gasteiger partial charge in [-0.05, 0) is 25.7 Å². The van der Waals surface area contributed by atoms with Gasteiger partial charge >= 0.3 is 0 Å². The molecule has 1 N–H and O–H groups in total. The molecule has 0 bridgehead atoms. The molecule has 0 amide bonds. The Bertz CT molecular complexity index is 245. The summed E-state index contributed by atoms with van der Waals surface area (Å²) in [5.41, 5.74) is 0.149. The second kappa shape index (κ2) is 5.31. The molecule has 1 saturated heterocycles. The normalized spacial score (nSPS) is 29.4. The highest BCUT2D eigenvalue weighted by molar-refractivity contribution is 5.82. The Hall–Kier alpha value is -0.370. The van der Waals surface area contributed by atoms with E-state index in [0.29, 0.717) is 5.78 Å². The molecule has 1 rings (SSSR count). The van der Waals surface area contributed by atoms with Crippen LogP contribution in [0, 0.1) is 0 Å². The van der Waals surface area contributed by atoms with Crippen LogP contribution in [0.4, 0.5) is 0 Å². The summed E-state index contributed by atoms with van der Waals surface area (Å²) in [4.78, 5) is 12.0. The van der Waals surface area contributed by atoms with Crippen LogP contribution in [-0.4, -0.2) is 16.9 Å². The molecule has 1 aliphatic rings. The zero-order valence-electron chi connectivity index (χ0n) is 11.4. The summed E-state index contributed by atoms with van der Waals surface area (Å²) in [5, 5.41) is 3.84.